The Morgan fingerprint density at radius 3 is 2.82 bits per heavy atom. The van der Waals surface area contributed by atoms with Gasteiger partial charge in [0.1, 0.15) is 11.6 Å². The summed E-state index contributed by atoms with van der Waals surface area (Å²) in [5.41, 5.74) is 8.30. The molecule has 0 bridgehead atoms. The van der Waals surface area contributed by atoms with Crippen LogP contribution in [-0.2, 0) is 6.54 Å². The Morgan fingerprint density at radius 1 is 1.27 bits per heavy atom. The van der Waals surface area contributed by atoms with Crippen LogP contribution in [0, 0.1) is 6.92 Å². The maximum atomic E-state index is 5.83. The van der Waals surface area contributed by atoms with Gasteiger partial charge in [-0.15, -0.1) is 0 Å². The third-order valence-corrected chi connectivity index (χ3v) is 3.90. The van der Waals surface area contributed by atoms with E-state index in [9.17, 15) is 0 Å². The van der Waals surface area contributed by atoms with Gasteiger partial charge in [0.05, 0.1) is 0 Å². The maximum absolute atomic E-state index is 5.83. The fourth-order valence-corrected chi connectivity index (χ4v) is 2.57. The Kier molecular flexibility index (Phi) is 4.11. The van der Waals surface area contributed by atoms with E-state index in [1.54, 1.807) is 0 Å². The molecule has 2 heterocycles. The van der Waals surface area contributed by atoms with Gasteiger partial charge in [-0.2, -0.15) is 9.97 Å². The van der Waals surface area contributed by atoms with E-state index in [0.717, 1.165) is 31.3 Å². The highest BCUT2D eigenvalue weighted by Crippen LogP contribution is 2.22. The highest BCUT2D eigenvalue weighted by molar-refractivity contribution is 5.54. The predicted octanol–water partition coefficient (Wildman–Crippen LogP) is 1.39. The number of hydrogen-bond acceptors (Lipinski definition) is 6. The van der Waals surface area contributed by atoms with Crippen LogP contribution < -0.4 is 21.3 Å². The van der Waals surface area contributed by atoms with Gasteiger partial charge in [0, 0.05) is 31.7 Å². The topological polar surface area (TPSA) is 79.1 Å². The summed E-state index contributed by atoms with van der Waals surface area (Å²) in [5, 5.41) is 6.57. The average molecular weight is 298 g/mol. The van der Waals surface area contributed by atoms with Gasteiger partial charge in [-0.25, -0.2) is 0 Å². The van der Waals surface area contributed by atoms with Crippen LogP contribution in [0.1, 0.15) is 11.1 Å². The van der Waals surface area contributed by atoms with Gasteiger partial charge in [-0.05, 0) is 19.5 Å². The molecule has 0 aliphatic carbocycles. The number of nitrogens with one attached hydrogen (secondary N) is 2. The Balaban J connectivity index is 1.67. The van der Waals surface area contributed by atoms with Crippen LogP contribution in [0.5, 0.6) is 0 Å². The van der Waals surface area contributed by atoms with E-state index in [0.29, 0.717) is 12.0 Å². The number of nitrogens with two attached hydrogens (primary N) is 1. The van der Waals surface area contributed by atoms with Gasteiger partial charge < -0.3 is 21.3 Å². The molecule has 0 radical (unpaired) electrons. The SMILES string of the molecule is CNC1CN(c2cc(NCc3cccc(C)c3)nc(N)n2)C1. The van der Waals surface area contributed by atoms with Crippen LogP contribution in [-0.4, -0.2) is 36.1 Å². The summed E-state index contributed by atoms with van der Waals surface area (Å²) in [7, 11) is 1.98. The molecule has 3 rings (SSSR count). The summed E-state index contributed by atoms with van der Waals surface area (Å²) in [5.74, 6) is 1.94. The molecule has 1 saturated heterocycles. The minimum atomic E-state index is 0.303. The highest BCUT2D eigenvalue weighted by atomic mass is 15.3. The Labute approximate surface area is 130 Å². The van der Waals surface area contributed by atoms with Gasteiger partial charge in [-0.3, -0.25) is 0 Å². The zero-order valence-electron chi connectivity index (χ0n) is 13.0. The van der Waals surface area contributed by atoms with E-state index in [1.165, 1.54) is 11.1 Å². The van der Waals surface area contributed by atoms with Crippen molar-refractivity contribution in [3.05, 3.63) is 41.5 Å². The Bertz CT molecular complexity index is 651. The van der Waals surface area contributed by atoms with Crippen molar-refractivity contribution in [2.24, 2.45) is 0 Å². The molecule has 0 atom stereocenters. The van der Waals surface area contributed by atoms with E-state index in [4.69, 9.17) is 5.73 Å². The average Bonchev–Trinajstić information content (AvgIpc) is 2.44. The number of benzene rings is 1. The molecule has 4 N–H and O–H groups in total. The Hall–Kier alpha value is -2.34. The lowest BCUT2D eigenvalue weighted by molar-refractivity contribution is 0.447. The largest absolute Gasteiger partial charge is 0.368 e. The van der Waals surface area contributed by atoms with Crippen LogP contribution in [0.2, 0.25) is 0 Å². The molecule has 22 heavy (non-hydrogen) atoms. The van der Waals surface area contributed by atoms with Crippen LogP contribution in [0.15, 0.2) is 30.3 Å². The van der Waals surface area contributed by atoms with E-state index in [1.807, 2.05) is 13.1 Å². The molecule has 0 amide bonds. The first-order valence-corrected chi connectivity index (χ1v) is 7.50. The summed E-state index contributed by atoms with van der Waals surface area (Å²) in [6.45, 7) is 4.71. The van der Waals surface area contributed by atoms with Gasteiger partial charge in [0.25, 0.3) is 0 Å². The number of aryl methyl sites for hydroxylation is 1. The first-order chi connectivity index (χ1) is 10.6. The summed E-state index contributed by atoms with van der Waals surface area (Å²) in [6, 6.07) is 10.9. The van der Waals surface area contributed by atoms with Gasteiger partial charge in [-0.1, -0.05) is 29.8 Å². The van der Waals surface area contributed by atoms with E-state index in [2.05, 4.69) is 56.7 Å². The smallest absolute Gasteiger partial charge is 0.223 e. The first kappa shape index (κ1) is 14.6. The van der Waals surface area contributed by atoms with E-state index in [-0.39, 0.29) is 0 Å². The number of nitrogens with zero attached hydrogens (tertiary/aromatic N) is 3. The molecule has 1 aliphatic heterocycles. The monoisotopic (exact) mass is 298 g/mol. The predicted molar refractivity (Wildman–Crippen MR) is 90.0 cm³/mol. The first-order valence-electron chi connectivity index (χ1n) is 7.50. The fourth-order valence-electron chi connectivity index (χ4n) is 2.57. The molecule has 1 aromatic carbocycles. The summed E-state index contributed by atoms with van der Waals surface area (Å²) in [6.07, 6.45) is 0. The number of anilines is 3. The molecular formula is C16H22N6. The van der Waals surface area contributed by atoms with E-state index < -0.39 is 0 Å². The fraction of sp³-hybridized carbons (Fsp3) is 0.375. The molecule has 116 valence electrons. The van der Waals surface area contributed by atoms with Gasteiger partial charge in [0.15, 0.2) is 0 Å². The van der Waals surface area contributed by atoms with E-state index >= 15 is 0 Å². The lowest BCUT2D eigenvalue weighted by atomic mass is 10.1. The molecule has 0 unspecified atom stereocenters. The van der Waals surface area contributed by atoms with Crippen LogP contribution >= 0.6 is 0 Å². The van der Waals surface area contributed by atoms with Crippen molar-refractivity contribution in [1.82, 2.24) is 15.3 Å². The minimum Gasteiger partial charge on any atom is -0.368 e. The molecule has 6 heteroatoms. The second-order valence-corrected chi connectivity index (χ2v) is 5.70. The van der Waals surface area contributed by atoms with Crippen molar-refractivity contribution in [1.29, 1.82) is 0 Å². The molecule has 1 aromatic heterocycles. The molecule has 0 spiro atoms. The maximum Gasteiger partial charge on any atom is 0.223 e. The van der Waals surface area contributed by atoms with Crippen LogP contribution in [0.3, 0.4) is 0 Å². The van der Waals surface area contributed by atoms with Crippen molar-refractivity contribution in [3.63, 3.8) is 0 Å². The van der Waals surface area contributed by atoms with Crippen molar-refractivity contribution < 1.29 is 0 Å². The van der Waals surface area contributed by atoms with Crippen molar-refractivity contribution in [2.75, 3.05) is 36.1 Å². The lowest BCUT2D eigenvalue weighted by Gasteiger charge is -2.40. The number of likely N-dealkylation sites (N-methyl/N-ethyl adjacent to an activating group) is 1. The standard InChI is InChI=1S/C16H22N6/c1-11-4-3-5-12(6-11)8-19-14-7-15(21-16(17)20-14)22-9-13(10-22)18-2/h3-7,13,18H,8-10H2,1-2H3,(H3,17,19,20,21). The van der Waals surface area contributed by atoms with Crippen LogP contribution in [0.4, 0.5) is 17.6 Å². The molecule has 0 saturated carbocycles. The Morgan fingerprint density at radius 2 is 2.09 bits per heavy atom. The second-order valence-electron chi connectivity index (χ2n) is 5.70. The quantitative estimate of drug-likeness (QED) is 0.774. The molecule has 1 fully saturated rings. The summed E-state index contributed by atoms with van der Waals surface area (Å²) < 4.78 is 0. The second kappa shape index (κ2) is 6.19. The molecular weight excluding hydrogens is 276 g/mol. The normalized spacial score (nSPS) is 14.7. The highest BCUT2D eigenvalue weighted by Gasteiger charge is 2.26. The zero-order valence-corrected chi connectivity index (χ0v) is 13.0. The van der Waals surface area contributed by atoms with Gasteiger partial charge >= 0.3 is 0 Å². The van der Waals surface area contributed by atoms with Crippen molar-refractivity contribution >= 4 is 17.6 Å². The third-order valence-electron chi connectivity index (χ3n) is 3.90. The molecule has 2 aromatic rings. The summed E-state index contributed by atoms with van der Waals surface area (Å²) in [4.78, 5) is 10.8. The number of nitrogen functional groups attached to an aromatic ring is 1. The van der Waals surface area contributed by atoms with Crippen molar-refractivity contribution in [3.8, 4) is 0 Å². The molecule has 6 nitrogen and oxygen atoms in total. The van der Waals surface area contributed by atoms with Crippen molar-refractivity contribution in [2.45, 2.75) is 19.5 Å². The zero-order chi connectivity index (χ0) is 15.5. The third kappa shape index (κ3) is 3.28. The minimum absolute atomic E-state index is 0.303. The lowest BCUT2D eigenvalue weighted by Crippen LogP contribution is -2.57. The van der Waals surface area contributed by atoms with Crippen LogP contribution in [0.25, 0.3) is 0 Å². The van der Waals surface area contributed by atoms with Gasteiger partial charge in [0.2, 0.25) is 5.95 Å². The molecule has 1 aliphatic rings. The number of aromatic nitrogens is 2. The number of rotatable bonds is 5. The number of hydrogen-bond donors (Lipinski definition) is 3. The summed E-state index contributed by atoms with van der Waals surface area (Å²) >= 11 is 0.